The molecule has 5 unspecified atom stereocenters. The van der Waals surface area contributed by atoms with Crippen LogP contribution in [-0.4, -0.2) is 68.2 Å². The minimum atomic E-state index is -2.66. The molecule has 14 heteroatoms. The van der Waals surface area contributed by atoms with Gasteiger partial charge < -0.3 is 28.4 Å². The van der Waals surface area contributed by atoms with E-state index >= 15 is 0 Å². The van der Waals surface area contributed by atoms with Gasteiger partial charge >= 0.3 is 8.25 Å². The van der Waals surface area contributed by atoms with Gasteiger partial charge in [-0.1, -0.05) is 41.5 Å². The summed E-state index contributed by atoms with van der Waals surface area (Å²) in [6, 6.07) is 0. The molecule has 0 aromatic carbocycles. The fourth-order valence-corrected chi connectivity index (χ4v) is 6.66. The number of ether oxygens (including phenoxy) is 1. The van der Waals surface area contributed by atoms with E-state index in [9.17, 15) is 4.57 Å². The fourth-order valence-electron chi connectivity index (χ4n) is 3.63. The van der Waals surface area contributed by atoms with Gasteiger partial charge in [0, 0.05) is 7.11 Å². The molecular formula is C23H44N5O6PSi2. The van der Waals surface area contributed by atoms with Crippen molar-refractivity contribution in [1.29, 1.82) is 0 Å². The Bertz CT molecular complexity index is 1120. The van der Waals surface area contributed by atoms with Crippen LogP contribution in [0.25, 0.3) is 11.2 Å². The molecule has 5 atom stereocenters. The summed E-state index contributed by atoms with van der Waals surface area (Å²) in [5.41, 5.74) is 7.10. The van der Waals surface area contributed by atoms with Gasteiger partial charge in [-0.15, -0.1) is 0 Å². The van der Waals surface area contributed by atoms with E-state index in [1.165, 1.54) is 13.4 Å². The van der Waals surface area contributed by atoms with Crippen LogP contribution in [0.15, 0.2) is 12.7 Å². The third kappa shape index (κ3) is 6.35. The lowest BCUT2D eigenvalue weighted by molar-refractivity contribution is -0.0457. The highest BCUT2D eigenvalue weighted by molar-refractivity contribution is 7.33. The third-order valence-electron chi connectivity index (χ3n) is 7.95. The second kappa shape index (κ2) is 10.8. The molecule has 2 aromatic rings. The lowest BCUT2D eigenvalue weighted by atomic mass is 10.1. The van der Waals surface area contributed by atoms with Crippen LogP contribution in [0.5, 0.6) is 0 Å². The molecule has 210 valence electrons. The zero-order valence-electron chi connectivity index (χ0n) is 24.0. The number of fused-ring (bicyclic) bond motifs is 1. The number of aromatic nitrogens is 4. The summed E-state index contributed by atoms with van der Waals surface area (Å²) in [5, 5.41) is -0.111. The van der Waals surface area contributed by atoms with Crippen molar-refractivity contribution in [3.8, 4) is 0 Å². The molecule has 11 nitrogen and oxygen atoms in total. The number of anilines is 1. The van der Waals surface area contributed by atoms with Gasteiger partial charge in [0.25, 0.3) is 0 Å². The monoisotopic (exact) mass is 573 g/mol. The molecule has 3 rings (SSSR count). The molecule has 0 aliphatic carbocycles. The average Bonchev–Trinajstić information content (AvgIpc) is 3.32. The van der Waals surface area contributed by atoms with Gasteiger partial charge in [0.2, 0.25) is 0 Å². The van der Waals surface area contributed by atoms with Crippen molar-refractivity contribution in [2.75, 3.05) is 19.5 Å². The standard InChI is InChI=1S/C23H44N5O6PSi2/c1-22(2,3)36(8,9)33-17-15(12-31-35(29)30-7)32-21(18(17)34-37(10,11)23(4,5)6)28-14-27-16-19(24)25-13-26-20(16)28/h13-15,17-18,21,35H,12H2,1-11H3,(H2,24,25,26). The summed E-state index contributed by atoms with van der Waals surface area (Å²) < 4.78 is 45.0. The SMILES string of the molecule is CO[PH](=O)OCC1OC(n2cnc3c(N)ncnc32)C(O[Si](C)(C)C(C)(C)C)C1O[Si](C)(C)C(C)(C)C. The fraction of sp³-hybridized carbons (Fsp3) is 0.783. The Labute approximate surface area is 223 Å². The molecule has 0 spiro atoms. The van der Waals surface area contributed by atoms with Crippen LogP contribution in [0.1, 0.15) is 47.8 Å². The van der Waals surface area contributed by atoms with Crippen molar-refractivity contribution in [3.05, 3.63) is 12.7 Å². The molecule has 2 N–H and O–H groups in total. The number of hydrogen-bond acceptors (Lipinski definition) is 10. The molecule has 0 radical (unpaired) electrons. The molecular weight excluding hydrogens is 529 g/mol. The van der Waals surface area contributed by atoms with E-state index in [-0.39, 0.29) is 22.5 Å². The van der Waals surface area contributed by atoms with Crippen LogP contribution in [0, 0.1) is 0 Å². The summed E-state index contributed by atoms with van der Waals surface area (Å²) >= 11 is 0. The van der Waals surface area contributed by atoms with E-state index in [2.05, 4.69) is 82.7 Å². The van der Waals surface area contributed by atoms with Gasteiger partial charge in [0.1, 0.15) is 30.2 Å². The Morgan fingerprint density at radius 3 is 2.11 bits per heavy atom. The smallest absolute Gasteiger partial charge is 0.318 e. The second-order valence-electron chi connectivity index (χ2n) is 12.6. The molecule has 0 bridgehead atoms. The quantitative estimate of drug-likeness (QED) is 0.317. The first-order valence-corrected chi connectivity index (χ1v) is 19.6. The van der Waals surface area contributed by atoms with Gasteiger partial charge in [-0.05, 0) is 36.3 Å². The number of hydrogen-bond donors (Lipinski definition) is 1. The maximum Gasteiger partial charge on any atom is 0.318 e. The van der Waals surface area contributed by atoms with Crippen LogP contribution in [0.3, 0.4) is 0 Å². The highest BCUT2D eigenvalue weighted by Gasteiger charge is 2.54. The predicted octanol–water partition coefficient (Wildman–Crippen LogP) is 5.14. The van der Waals surface area contributed by atoms with Gasteiger partial charge in [-0.3, -0.25) is 9.13 Å². The van der Waals surface area contributed by atoms with Gasteiger partial charge in [-0.25, -0.2) is 15.0 Å². The lowest BCUT2D eigenvalue weighted by Crippen LogP contribution is -2.54. The lowest BCUT2D eigenvalue weighted by Gasteiger charge is -2.44. The van der Waals surface area contributed by atoms with E-state index in [0.29, 0.717) is 11.2 Å². The first-order chi connectivity index (χ1) is 16.9. The van der Waals surface area contributed by atoms with Crippen LogP contribution < -0.4 is 5.73 Å². The molecule has 1 fully saturated rings. The van der Waals surface area contributed by atoms with Crippen LogP contribution in [0.2, 0.25) is 36.3 Å². The number of nitrogens with zero attached hydrogens (tertiary/aromatic N) is 4. The molecule has 3 heterocycles. The zero-order chi connectivity index (χ0) is 28.0. The Morgan fingerprint density at radius 1 is 1.00 bits per heavy atom. The van der Waals surface area contributed by atoms with Crippen LogP contribution >= 0.6 is 8.25 Å². The summed E-state index contributed by atoms with van der Waals surface area (Å²) in [5.74, 6) is 0.288. The van der Waals surface area contributed by atoms with Gasteiger partial charge in [-0.2, -0.15) is 0 Å². The molecule has 1 aliphatic rings. The largest absolute Gasteiger partial charge is 0.408 e. The van der Waals surface area contributed by atoms with E-state index in [0.717, 1.165) is 0 Å². The molecule has 1 saturated heterocycles. The molecule has 0 amide bonds. The minimum absolute atomic E-state index is 0.0303. The summed E-state index contributed by atoms with van der Waals surface area (Å²) in [6.45, 7) is 22.0. The summed E-state index contributed by atoms with van der Waals surface area (Å²) in [4.78, 5) is 13.0. The van der Waals surface area contributed by atoms with Gasteiger partial charge in [0.15, 0.2) is 34.3 Å². The van der Waals surface area contributed by atoms with E-state index in [4.69, 9.17) is 28.4 Å². The zero-order valence-corrected chi connectivity index (χ0v) is 27.0. The third-order valence-corrected chi connectivity index (χ3v) is 17.6. The molecule has 2 aromatic heterocycles. The molecule has 0 saturated carbocycles. The van der Waals surface area contributed by atoms with E-state index in [1.807, 2.05) is 4.57 Å². The number of imidazole rings is 1. The Balaban J connectivity index is 2.13. The maximum absolute atomic E-state index is 12.1. The Hall–Kier alpha value is -1.19. The first kappa shape index (κ1) is 30.4. The van der Waals surface area contributed by atoms with Gasteiger partial charge in [0.05, 0.1) is 12.9 Å². The number of nitrogen functional groups attached to an aromatic ring is 1. The highest BCUT2D eigenvalue weighted by atomic mass is 31.1. The van der Waals surface area contributed by atoms with Crippen molar-refractivity contribution in [2.24, 2.45) is 0 Å². The predicted molar refractivity (Wildman–Crippen MR) is 150 cm³/mol. The van der Waals surface area contributed by atoms with E-state index in [1.54, 1.807) is 6.33 Å². The highest BCUT2D eigenvalue weighted by Crippen LogP contribution is 2.46. The van der Waals surface area contributed by atoms with Crippen molar-refractivity contribution in [3.63, 3.8) is 0 Å². The van der Waals surface area contributed by atoms with Crippen LogP contribution in [-0.2, 0) is 27.2 Å². The normalized spacial score (nSPS) is 24.6. The van der Waals surface area contributed by atoms with E-state index < -0.39 is 49.4 Å². The second-order valence-corrected chi connectivity index (χ2v) is 23.3. The average molecular weight is 574 g/mol. The van der Waals surface area contributed by atoms with Crippen molar-refractivity contribution < 1.29 is 27.2 Å². The summed E-state index contributed by atoms with van der Waals surface area (Å²) in [7, 11) is -5.89. The number of rotatable bonds is 9. The van der Waals surface area contributed by atoms with Crippen LogP contribution in [0.4, 0.5) is 5.82 Å². The Kier molecular flexibility index (Phi) is 8.83. The number of nitrogens with two attached hydrogens (primary N) is 1. The van der Waals surface area contributed by atoms with Crippen molar-refractivity contribution >= 4 is 41.9 Å². The molecule has 1 aliphatic heterocycles. The maximum atomic E-state index is 12.1. The minimum Gasteiger partial charge on any atom is -0.408 e. The Morgan fingerprint density at radius 2 is 1.57 bits per heavy atom. The topological polar surface area (TPSA) is 133 Å². The first-order valence-electron chi connectivity index (χ1n) is 12.5. The van der Waals surface area contributed by atoms with Crippen molar-refractivity contribution in [2.45, 2.75) is 102 Å². The van der Waals surface area contributed by atoms with Crippen molar-refractivity contribution in [1.82, 2.24) is 19.5 Å². The molecule has 37 heavy (non-hydrogen) atoms. The summed E-state index contributed by atoms with van der Waals surface area (Å²) in [6.07, 6.45) is 0.887.